The number of ether oxygens (including phenoxy) is 3. The molecular weight excluding hydrogens is 481 g/mol. The Morgan fingerprint density at radius 2 is 1.54 bits per heavy atom. The molecule has 3 aromatic carbocycles. The van der Waals surface area contributed by atoms with Crippen molar-refractivity contribution in [2.45, 2.75) is 26.4 Å². The van der Waals surface area contributed by atoms with Gasteiger partial charge in [-0.3, -0.25) is 10.2 Å². The highest BCUT2D eigenvalue weighted by atomic mass is 19.1. The van der Waals surface area contributed by atoms with Crippen LogP contribution in [-0.2, 0) is 14.2 Å². The minimum absolute atomic E-state index is 0.00485. The van der Waals surface area contributed by atoms with Crippen LogP contribution in [0.1, 0.15) is 20.8 Å². The van der Waals surface area contributed by atoms with E-state index in [0.29, 0.717) is 5.69 Å². The van der Waals surface area contributed by atoms with E-state index in [9.17, 15) is 18.8 Å². The molecule has 0 bridgehead atoms. The zero-order valence-electron chi connectivity index (χ0n) is 21.0. The third-order valence-electron chi connectivity index (χ3n) is 4.94. The molecule has 0 heterocycles. The summed E-state index contributed by atoms with van der Waals surface area (Å²) < 4.78 is 29.8. The average molecular weight is 512 g/mol. The molecule has 0 fully saturated rings. The molecule has 37 heavy (non-hydrogen) atoms. The van der Waals surface area contributed by atoms with Gasteiger partial charge in [0.25, 0.3) is 0 Å². The van der Waals surface area contributed by atoms with E-state index >= 15 is 0 Å². The normalized spacial score (nSPS) is 10.9. The quantitative estimate of drug-likeness (QED) is 0.297. The van der Waals surface area contributed by atoms with E-state index in [1.54, 1.807) is 32.9 Å². The Labute approximate surface area is 214 Å². The van der Waals surface area contributed by atoms with Crippen LogP contribution < -0.4 is 15.5 Å². The lowest BCUT2D eigenvalue weighted by Crippen LogP contribution is -2.40. The Kier molecular flexibility index (Phi) is 9.26. The lowest BCUT2D eigenvalue weighted by atomic mass is 10.1. The van der Waals surface area contributed by atoms with E-state index in [0.717, 1.165) is 15.7 Å². The van der Waals surface area contributed by atoms with Crippen LogP contribution in [0.25, 0.3) is 10.8 Å². The van der Waals surface area contributed by atoms with Gasteiger partial charge in [0, 0.05) is 5.39 Å². The molecule has 0 aliphatic carbocycles. The number of nitrogens with one attached hydrogen (secondary N) is 2. The van der Waals surface area contributed by atoms with E-state index in [1.165, 1.54) is 18.2 Å². The first-order valence-corrected chi connectivity index (χ1v) is 11.7. The average Bonchev–Trinajstić information content (AvgIpc) is 2.84. The number of benzene rings is 3. The van der Waals surface area contributed by atoms with Crippen molar-refractivity contribution in [3.05, 3.63) is 72.5 Å². The summed E-state index contributed by atoms with van der Waals surface area (Å²) in [6, 6.07) is 18.9. The Morgan fingerprint density at radius 1 is 0.865 bits per heavy atom. The van der Waals surface area contributed by atoms with Crippen molar-refractivity contribution in [2.75, 3.05) is 36.5 Å². The fourth-order valence-corrected chi connectivity index (χ4v) is 3.36. The zero-order chi connectivity index (χ0) is 26.8. The van der Waals surface area contributed by atoms with E-state index in [1.807, 2.05) is 36.4 Å². The van der Waals surface area contributed by atoms with Gasteiger partial charge in [0.15, 0.2) is 0 Å². The van der Waals surface area contributed by atoms with Gasteiger partial charge in [0.2, 0.25) is 0 Å². The van der Waals surface area contributed by atoms with Gasteiger partial charge in [-0.05, 0) is 44.4 Å². The minimum Gasteiger partial charge on any atom is -0.448 e. The number of amides is 3. The molecule has 3 amide bonds. The van der Waals surface area contributed by atoms with Crippen molar-refractivity contribution in [3.63, 3.8) is 0 Å². The number of fused-ring (bicyclic) bond motifs is 1. The molecule has 0 spiro atoms. The molecule has 3 aromatic rings. The number of carbonyl (C=O) groups is 3. The first kappa shape index (κ1) is 27.3. The minimum atomic E-state index is -0.793. The van der Waals surface area contributed by atoms with E-state index in [2.05, 4.69) is 10.6 Å². The van der Waals surface area contributed by atoms with Gasteiger partial charge in [-0.15, -0.1) is 0 Å². The summed E-state index contributed by atoms with van der Waals surface area (Å²) in [5.74, 6) is -0.614. The molecule has 196 valence electrons. The molecule has 0 atom stereocenters. The molecule has 0 aliphatic rings. The number of rotatable bonds is 8. The zero-order valence-corrected chi connectivity index (χ0v) is 21.0. The summed E-state index contributed by atoms with van der Waals surface area (Å²) in [5.41, 5.74) is -0.176. The molecular formula is C27H30FN3O6. The van der Waals surface area contributed by atoms with Crippen LogP contribution >= 0.6 is 0 Å². The maximum atomic E-state index is 14.3. The molecule has 0 aliphatic heterocycles. The summed E-state index contributed by atoms with van der Waals surface area (Å²) in [6.07, 6.45) is -2.22. The standard InChI is InChI=1S/C27H30FN3O6/c1-27(2,3)37-26(34)31(23-14-7-6-12-21(23)28)16-18-36-24(32)29-15-17-35-25(33)30-22-13-8-10-19-9-4-5-11-20(19)22/h4-14H,15-18H2,1-3H3,(H,29,32)(H,30,33). The predicted molar refractivity (Wildman–Crippen MR) is 138 cm³/mol. The summed E-state index contributed by atoms with van der Waals surface area (Å²) in [5, 5.41) is 6.98. The maximum absolute atomic E-state index is 14.3. The van der Waals surface area contributed by atoms with E-state index in [-0.39, 0.29) is 32.0 Å². The Morgan fingerprint density at radius 3 is 2.30 bits per heavy atom. The van der Waals surface area contributed by atoms with Crippen molar-refractivity contribution in [2.24, 2.45) is 0 Å². The number of anilines is 2. The number of para-hydroxylation sites is 1. The highest BCUT2D eigenvalue weighted by Gasteiger charge is 2.25. The van der Waals surface area contributed by atoms with Gasteiger partial charge < -0.3 is 19.5 Å². The largest absolute Gasteiger partial charge is 0.448 e. The molecule has 9 nitrogen and oxygen atoms in total. The fourth-order valence-electron chi connectivity index (χ4n) is 3.36. The lowest BCUT2D eigenvalue weighted by Gasteiger charge is -2.27. The van der Waals surface area contributed by atoms with Crippen LogP contribution in [0.3, 0.4) is 0 Å². The van der Waals surface area contributed by atoms with Crippen LogP contribution in [0.4, 0.5) is 30.1 Å². The van der Waals surface area contributed by atoms with Gasteiger partial charge in [0.05, 0.1) is 24.5 Å². The van der Waals surface area contributed by atoms with Crippen molar-refractivity contribution in [3.8, 4) is 0 Å². The molecule has 0 unspecified atom stereocenters. The Hall–Kier alpha value is -4.34. The molecule has 0 aromatic heterocycles. The highest BCUT2D eigenvalue weighted by molar-refractivity contribution is 6.00. The summed E-state index contributed by atoms with van der Waals surface area (Å²) in [6.45, 7) is 4.64. The molecule has 2 N–H and O–H groups in total. The molecule has 0 saturated heterocycles. The van der Waals surface area contributed by atoms with Crippen LogP contribution in [0.15, 0.2) is 66.7 Å². The van der Waals surface area contributed by atoms with Crippen LogP contribution in [-0.4, -0.2) is 50.2 Å². The van der Waals surface area contributed by atoms with Gasteiger partial charge in [-0.1, -0.05) is 48.5 Å². The number of hydrogen-bond donors (Lipinski definition) is 2. The van der Waals surface area contributed by atoms with Crippen LogP contribution in [0.2, 0.25) is 0 Å². The predicted octanol–water partition coefficient (Wildman–Crippen LogP) is 5.70. The number of carbonyl (C=O) groups excluding carboxylic acids is 3. The molecule has 0 radical (unpaired) electrons. The van der Waals surface area contributed by atoms with Crippen molar-refractivity contribution in [1.29, 1.82) is 0 Å². The topological polar surface area (TPSA) is 106 Å². The number of hydrogen-bond acceptors (Lipinski definition) is 6. The molecule has 3 rings (SSSR count). The second kappa shape index (κ2) is 12.6. The molecule has 0 saturated carbocycles. The van der Waals surface area contributed by atoms with Gasteiger partial charge >= 0.3 is 18.3 Å². The third-order valence-corrected chi connectivity index (χ3v) is 4.94. The van der Waals surface area contributed by atoms with Gasteiger partial charge in [0.1, 0.15) is 24.6 Å². The van der Waals surface area contributed by atoms with E-state index in [4.69, 9.17) is 14.2 Å². The number of alkyl carbamates (subject to hydrolysis) is 1. The summed E-state index contributed by atoms with van der Waals surface area (Å²) in [7, 11) is 0. The second-order valence-electron chi connectivity index (χ2n) is 8.93. The highest BCUT2D eigenvalue weighted by Crippen LogP contribution is 2.23. The SMILES string of the molecule is CC(C)(C)OC(=O)N(CCOC(=O)NCCOC(=O)Nc1cccc2ccccc12)c1ccccc1F. The van der Waals surface area contributed by atoms with Gasteiger partial charge in [-0.2, -0.15) is 0 Å². The van der Waals surface area contributed by atoms with E-state index < -0.39 is 29.7 Å². The smallest absolute Gasteiger partial charge is 0.415 e. The summed E-state index contributed by atoms with van der Waals surface area (Å²) >= 11 is 0. The van der Waals surface area contributed by atoms with Crippen molar-refractivity contribution < 1.29 is 33.0 Å². The third kappa shape index (κ3) is 8.38. The number of nitrogens with zero attached hydrogens (tertiary/aromatic N) is 1. The summed E-state index contributed by atoms with van der Waals surface area (Å²) in [4.78, 5) is 37.8. The Bertz CT molecular complexity index is 1240. The first-order valence-electron chi connectivity index (χ1n) is 11.7. The Balaban J connectivity index is 1.42. The second-order valence-corrected chi connectivity index (χ2v) is 8.93. The van der Waals surface area contributed by atoms with Crippen molar-refractivity contribution >= 4 is 40.4 Å². The maximum Gasteiger partial charge on any atom is 0.415 e. The lowest BCUT2D eigenvalue weighted by molar-refractivity contribution is 0.0567. The molecule has 10 heteroatoms. The van der Waals surface area contributed by atoms with Crippen molar-refractivity contribution in [1.82, 2.24) is 5.32 Å². The number of halogens is 1. The monoisotopic (exact) mass is 511 g/mol. The van der Waals surface area contributed by atoms with Crippen LogP contribution in [0.5, 0.6) is 0 Å². The fraction of sp³-hybridized carbons (Fsp3) is 0.296. The first-order chi connectivity index (χ1) is 17.6. The van der Waals surface area contributed by atoms with Gasteiger partial charge in [-0.25, -0.2) is 18.8 Å². The van der Waals surface area contributed by atoms with Crippen LogP contribution in [0, 0.1) is 5.82 Å².